The maximum Gasteiger partial charge on any atom is 0.434 e. The Bertz CT molecular complexity index is 275. The Morgan fingerprint density at radius 2 is 2.08 bits per heavy atom. The zero-order valence-corrected chi connectivity index (χ0v) is 7.47. The van der Waals surface area contributed by atoms with Crippen LogP contribution in [0.4, 0.5) is 13.2 Å². The Morgan fingerprint density at radius 1 is 1.46 bits per heavy atom. The van der Waals surface area contributed by atoms with Crippen LogP contribution in [0.25, 0.3) is 0 Å². The minimum atomic E-state index is -4.33. The molecule has 5 heteroatoms. The Morgan fingerprint density at radius 3 is 2.46 bits per heavy atom. The Kier molecular flexibility index (Phi) is 2.63. The molecular formula is C8H11F3N2. The van der Waals surface area contributed by atoms with Crippen LogP contribution in [0.3, 0.4) is 0 Å². The van der Waals surface area contributed by atoms with Crippen LogP contribution in [0, 0.1) is 5.92 Å². The molecule has 0 aliphatic rings. The molecule has 0 amide bonds. The van der Waals surface area contributed by atoms with E-state index in [1.807, 2.05) is 13.8 Å². The number of halogens is 3. The molecular weight excluding hydrogens is 181 g/mol. The molecule has 13 heavy (non-hydrogen) atoms. The summed E-state index contributed by atoms with van der Waals surface area (Å²) in [5, 5.41) is 0. The van der Waals surface area contributed by atoms with E-state index in [-0.39, 0.29) is 0 Å². The Labute approximate surface area is 74.4 Å². The van der Waals surface area contributed by atoms with E-state index in [9.17, 15) is 13.2 Å². The Hall–Kier alpha value is -1.00. The van der Waals surface area contributed by atoms with Crippen LogP contribution in [0.2, 0.25) is 0 Å². The van der Waals surface area contributed by atoms with Gasteiger partial charge in [0.1, 0.15) is 0 Å². The van der Waals surface area contributed by atoms with Crippen molar-refractivity contribution in [1.29, 1.82) is 0 Å². The summed E-state index contributed by atoms with van der Waals surface area (Å²) in [6.07, 6.45) is -2.09. The van der Waals surface area contributed by atoms with Crippen molar-refractivity contribution in [3.63, 3.8) is 0 Å². The van der Waals surface area contributed by atoms with Crippen molar-refractivity contribution >= 4 is 0 Å². The third-order valence-electron chi connectivity index (χ3n) is 1.50. The highest BCUT2D eigenvalue weighted by Gasteiger charge is 2.33. The number of aromatic nitrogens is 2. The molecule has 2 nitrogen and oxygen atoms in total. The minimum absolute atomic E-state index is 0.315. The van der Waals surface area contributed by atoms with Gasteiger partial charge in [-0.25, -0.2) is 4.98 Å². The van der Waals surface area contributed by atoms with Crippen molar-refractivity contribution in [2.24, 2.45) is 5.92 Å². The van der Waals surface area contributed by atoms with Gasteiger partial charge >= 0.3 is 6.18 Å². The number of hydrogen-bond donors (Lipinski definition) is 0. The van der Waals surface area contributed by atoms with Gasteiger partial charge in [0.2, 0.25) is 0 Å². The summed E-state index contributed by atoms with van der Waals surface area (Å²) in [7, 11) is 0. The highest BCUT2D eigenvalue weighted by Crippen LogP contribution is 2.27. The number of hydrogen-bond acceptors (Lipinski definition) is 1. The summed E-state index contributed by atoms with van der Waals surface area (Å²) in [6.45, 7) is 4.43. The molecule has 0 N–H and O–H groups in total. The number of rotatable bonds is 2. The zero-order chi connectivity index (χ0) is 10.1. The highest BCUT2D eigenvalue weighted by atomic mass is 19.4. The molecule has 0 bridgehead atoms. The van der Waals surface area contributed by atoms with E-state index in [0.29, 0.717) is 12.5 Å². The molecule has 0 saturated heterocycles. The second-order valence-corrected chi connectivity index (χ2v) is 3.35. The van der Waals surface area contributed by atoms with Crippen molar-refractivity contribution in [2.75, 3.05) is 0 Å². The molecule has 1 aromatic rings. The van der Waals surface area contributed by atoms with E-state index < -0.39 is 11.9 Å². The third kappa shape index (κ3) is 2.75. The average Bonchev–Trinajstić information content (AvgIpc) is 2.32. The van der Waals surface area contributed by atoms with E-state index in [1.54, 1.807) is 0 Å². The van der Waals surface area contributed by atoms with Crippen LogP contribution in [0.5, 0.6) is 0 Å². The van der Waals surface area contributed by atoms with Gasteiger partial charge in [0, 0.05) is 12.7 Å². The summed E-state index contributed by atoms with van der Waals surface area (Å²) in [4.78, 5) is 3.28. The standard InChI is InChI=1S/C8H11F3N2/c1-6(2)3-13-4-7(12-5-13)8(9,10)11/h4-6H,3H2,1-2H3. The monoisotopic (exact) mass is 192 g/mol. The fourth-order valence-electron chi connectivity index (χ4n) is 1.03. The maximum atomic E-state index is 12.1. The minimum Gasteiger partial charge on any atom is -0.337 e. The van der Waals surface area contributed by atoms with Gasteiger partial charge in [0.05, 0.1) is 6.33 Å². The van der Waals surface area contributed by atoms with Gasteiger partial charge in [-0.2, -0.15) is 13.2 Å². The lowest BCUT2D eigenvalue weighted by atomic mass is 10.2. The number of alkyl halides is 3. The van der Waals surface area contributed by atoms with Gasteiger partial charge in [0.15, 0.2) is 5.69 Å². The second-order valence-electron chi connectivity index (χ2n) is 3.35. The van der Waals surface area contributed by atoms with Gasteiger partial charge in [-0.3, -0.25) is 0 Å². The third-order valence-corrected chi connectivity index (χ3v) is 1.50. The van der Waals surface area contributed by atoms with Crippen LogP contribution in [-0.2, 0) is 12.7 Å². The molecule has 0 aromatic carbocycles. The normalized spacial score (nSPS) is 12.5. The molecule has 0 aliphatic heterocycles. The molecule has 1 aromatic heterocycles. The van der Waals surface area contributed by atoms with Crippen molar-refractivity contribution in [3.8, 4) is 0 Å². The van der Waals surface area contributed by atoms with Crippen LogP contribution in [0.1, 0.15) is 19.5 Å². The van der Waals surface area contributed by atoms with E-state index in [2.05, 4.69) is 4.98 Å². The maximum absolute atomic E-state index is 12.1. The molecule has 0 spiro atoms. The molecule has 0 unspecified atom stereocenters. The largest absolute Gasteiger partial charge is 0.434 e. The van der Waals surface area contributed by atoms with Gasteiger partial charge in [-0.1, -0.05) is 13.8 Å². The van der Waals surface area contributed by atoms with E-state index in [4.69, 9.17) is 0 Å². The summed E-state index contributed by atoms with van der Waals surface area (Å²) >= 11 is 0. The van der Waals surface area contributed by atoms with Crippen LogP contribution in [0.15, 0.2) is 12.5 Å². The van der Waals surface area contributed by atoms with E-state index in [1.165, 1.54) is 10.9 Å². The van der Waals surface area contributed by atoms with Gasteiger partial charge in [0.25, 0.3) is 0 Å². The van der Waals surface area contributed by atoms with E-state index >= 15 is 0 Å². The molecule has 0 fully saturated rings. The predicted octanol–water partition coefficient (Wildman–Crippen LogP) is 2.56. The fraction of sp³-hybridized carbons (Fsp3) is 0.625. The lowest BCUT2D eigenvalue weighted by Gasteiger charge is -2.04. The van der Waals surface area contributed by atoms with Crippen molar-refractivity contribution in [3.05, 3.63) is 18.2 Å². The molecule has 0 atom stereocenters. The molecule has 0 aliphatic carbocycles. The summed E-state index contributed by atoms with van der Waals surface area (Å²) in [6, 6.07) is 0. The predicted molar refractivity (Wildman–Crippen MR) is 42.1 cm³/mol. The topological polar surface area (TPSA) is 17.8 Å². The molecule has 1 heterocycles. The first-order valence-corrected chi connectivity index (χ1v) is 3.98. The Balaban J connectivity index is 2.75. The summed E-state index contributed by atoms with van der Waals surface area (Å²) in [5.41, 5.74) is -0.826. The average molecular weight is 192 g/mol. The smallest absolute Gasteiger partial charge is 0.337 e. The van der Waals surface area contributed by atoms with Crippen molar-refractivity contribution < 1.29 is 13.2 Å². The lowest BCUT2D eigenvalue weighted by Crippen LogP contribution is -2.06. The quantitative estimate of drug-likeness (QED) is 0.704. The van der Waals surface area contributed by atoms with Crippen LogP contribution in [-0.4, -0.2) is 9.55 Å². The lowest BCUT2D eigenvalue weighted by molar-refractivity contribution is -0.141. The second kappa shape index (κ2) is 3.40. The molecule has 0 radical (unpaired) electrons. The summed E-state index contributed by atoms with van der Waals surface area (Å²) < 4.78 is 37.6. The van der Waals surface area contributed by atoms with Crippen molar-refractivity contribution in [1.82, 2.24) is 9.55 Å². The molecule has 74 valence electrons. The van der Waals surface area contributed by atoms with Crippen LogP contribution >= 0.6 is 0 Å². The number of nitrogens with zero attached hydrogens (tertiary/aromatic N) is 2. The zero-order valence-electron chi connectivity index (χ0n) is 7.47. The van der Waals surface area contributed by atoms with Crippen LogP contribution < -0.4 is 0 Å². The van der Waals surface area contributed by atoms with Gasteiger partial charge in [-0.05, 0) is 5.92 Å². The first kappa shape index (κ1) is 10.1. The summed E-state index contributed by atoms with van der Waals surface area (Å²) in [5.74, 6) is 0.315. The van der Waals surface area contributed by atoms with Gasteiger partial charge < -0.3 is 4.57 Å². The SMILES string of the molecule is CC(C)Cn1cnc(C(F)(F)F)c1. The number of imidazole rings is 1. The van der Waals surface area contributed by atoms with Crippen molar-refractivity contribution in [2.45, 2.75) is 26.6 Å². The highest BCUT2D eigenvalue weighted by molar-refractivity contribution is 5.01. The van der Waals surface area contributed by atoms with E-state index in [0.717, 1.165) is 6.20 Å². The van der Waals surface area contributed by atoms with Gasteiger partial charge in [-0.15, -0.1) is 0 Å². The molecule has 0 saturated carbocycles. The first-order chi connectivity index (χ1) is 5.89. The first-order valence-electron chi connectivity index (χ1n) is 3.98. The molecule has 1 rings (SSSR count). The fourth-order valence-corrected chi connectivity index (χ4v) is 1.03.